The summed E-state index contributed by atoms with van der Waals surface area (Å²) >= 11 is 0. The fourth-order valence-electron chi connectivity index (χ4n) is 2.60. The zero-order valence-electron chi connectivity index (χ0n) is 14.1. The molecule has 0 unspecified atom stereocenters. The van der Waals surface area contributed by atoms with Gasteiger partial charge in [-0.15, -0.1) is 0 Å². The second-order valence-electron chi connectivity index (χ2n) is 6.23. The third-order valence-electron chi connectivity index (χ3n) is 3.80. The molecule has 2 heterocycles. The Morgan fingerprint density at radius 3 is 2.48 bits per heavy atom. The molecule has 2 aromatic rings. The summed E-state index contributed by atoms with van der Waals surface area (Å²) in [6, 6.07) is 2.12. The lowest BCUT2D eigenvalue weighted by atomic mass is 10.2. The highest BCUT2D eigenvalue weighted by Gasteiger charge is 2.13. The highest BCUT2D eigenvalue weighted by atomic mass is 15.3. The predicted molar refractivity (Wildman–Crippen MR) is 85.3 cm³/mol. The maximum Gasteiger partial charge on any atom is 0.0831 e. The summed E-state index contributed by atoms with van der Waals surface area (Å²) in [4.78, 5) is 0. The normalized spacial score (nSPS) is 11.6. The van der Waals surface area contributed by atoms with Crippen LogP contribution in [0.2, 0.25) is 0 Å². The molecule has 1 N–H and O–H groups in total. The van der Waals surface area contributed by atoms with Gasteiger partial charge in [-0.25, -0.2) is 0 Å². The molecule has 0 amide bonds. The van der Waals surface area contributed by atoms with Gasteiger partial charge in [0, 0.05) is 24.8 Å². The van der Waals surface area contributed by atoms with Crippen molar-refractivity contribution in [2.24, 2.45) is 13.0 Å². The Balaban J connectivity index is 2.13. The highest BCUT2D eigenvalue weighted by Crippen LogP contribution is 2.15. The lowest BCUT2D eigenvalue weighted by Gasteiger charge is -2.08. The second-order valence-corrected chi connectivity index (χ2v) is 6.23. The quantitative estimate of drug-likeness (QED) is 0.888. The van der Waals surface area contributed by atoms with Crippen LogP contribution in [0.3, 0.4) is 0 Å². The molecule has 2 aromatic heterocycles. The highest BCUT2D eigenvalue weighted by molar-refractivity contribution is 5.25. The van der Waals surface area contributed by atoms with Gasteiger partial charge in [0.15, 0.2) is 0 Å². The van der Waals surface area contributed by atoms with Crippen molar-refractivity contribution in [1.29, 1.82) is 0 Å². The van der Waals surface area contributed by atoms with E-state index in [-0.39, 0.29) is 0 Å². The molecular formula is C16H27N5. The molecule has 0 radical (unpaired) electrons. The molecule has 0 aromatic carbocycles. The van der Waals surface area contributed by atoms with Crippen LogP contribution in [0.5, 0.6) is 0 Å². The molecule has 0 saturated carbocycles. The van der Waals surface area contributed by atoms with E-state index >= 15 is 0 Å². The van der Waals surface area contributed by atoms with Crippen molar-refractivity contribution >= 4 is 0 Å². The van der Waals surface area contributed by atoms with Gasteiger partial charge in [0.25, 0.3) is 0 Å². The van der Waals surface area contributed by atoms with Gasteiger partial charge in [0.2, 0.25) is 0 Å². The molecule has 0 saturated heterocycles. The number of nitrogens with one attached hydrogen (secondary N) is 1. The molecule has 0 aliphatic heterocycles. The fraction of sp³-hybridized carbons (Fsp3) is 0.625. The minimum absolute atomic E-state index is 0.665. The zero-order chi connectivity index (χ0) is 15.6. The molecule has 0 aliphatic rings. The number of hydrogen-bond acceptors (Lipinski definition) is 3. The molecule has 0 atom stereocenters. The first kappa shape index (κ1) is 15.8. The summed E-state index contributed by atoms with van der Waals surface area (Å²) < 4.78 is 4.01. The van der Waals surface area contributed by atoms with Crippen molar-refractivity contribution in [2.45, 2.75) is 47.7 Å². The van der Waals surface area contributed by atoms with E-state index in [0.29, 0.717) is 5.92 Å². The van der Waals surface area contributed by atoms with E-state index in [1.807, 2.05) is 18.7 Å². The minimum Gasteiger partial charge on any atom is -0.312 e. The topological polar surface area (TPSA) is 47.7 Å². The lowest BCUT2D eigenvalue weighted by Crippen LogP contribution is -2.19. The summed E-state index contributed by atoms with van der Waals surface area (Å²) in [6.07, 6.45) is 0. The monoisotopic (exact) mass is 289 g/mol. The van der Waals surface area contributed by atoms with Crippen molar-refractivity contribution < 1.29 is 0 Å². The summed E-state index contributed by atoms with van der Waals surface area (Å²) in [7, 11) is 1.99. The molecule has 0 bridgehead atoms. The van der Waals surface area contributed by atoms with Gasteiger partial charge in [-0.2, -0.15) is 10.2 Å². The van der Waals surface area contributed by atoms with E-state index < -0.39 is 0 Å². The molecule has 0 spiro atoms. The third-order valence-corrected chi connectivity index (χ3v) is 3.80. The number of aryl methyl sites for hydroxylation is 3. The van der Waals surface area contributed by atoms with Gasteiger partial charge in [-0.1, -0.05) is 13.8 Å². The number of aromatic nitrogens is 4. The van der Waals surface area contributed by atoms with Crippen LogP contribution in [0, 0.1) is 26.7 Å². The third kappa shape index (κ3) is 3.73. The van der Waals surface area contributed by atoms with Crippen LogP contribution in [0.4, 0.5) is 0 Å². The minimum atomic E-state index is 0.665. The van der Waals surface area contributed by atoms with E-state index in [1.54, 1.807) is 0 Å². The van der Waals surface area contributed by atoms with Crippen molar-refractivity contribution in [1.82, 2.24) is 24.9 Å². The Bertz CT molecular complexity index is 606. The van der Waals surface area contributed by atoms with Crippen LogP contribution < -0.4 is 5.32 Å². The molecule has 5 nitrogen and oxygen atoms in total. The van der Waals surface area contributed by atoms with Gasteiger partial charge in [0.05, 0.1) is 23.6 Å². The number of rotatable bonds is 6. The average molecular weight is 289 g/mol. The number of nitrogens with zero attached hydrogens (tertiary/aromatic N) is 4. The first-order valence-electron chi connectivity index (χ1n) is 7.61. The van der Waals surface area contributed by atoms with E-state index in [1.165, 1.54) is 17.0 Å². The SMILES string of the molecule is Cc1cc(Cn2nc(C)c(CNCC(C)C)c2C)n(C)n1. The van der Waals surface area contributed by atoms with Crippen molar-refractivity contribution in [2.75, 3.05) is 6.54 Å². The largest absolute Gasteiger partial charge is 0.312 e. The maximum atomic E-state index is 4.69. The van der Waals surface area contributed by atoms with E-state index in [2.05, 4.69) is 54.0 Å². The van der Waals surface area contributed by atoms with Gasteiger partial charge in [0.1, 0.15) is 0 Å². The summed E-state index contributed by atoms with van der Waals surface area (Å²) in [5, 5.41) is 12.6. The summed E-state index contributed by atoms with van der Waals surface area (Å²) in [6.45, 7) is 13.4. The molecule has 5 heteroatoms. The Kier molecular flexibility index (Phi) is 4.83. The van der Waals surface area contributed by atoms with Gasteiger partial charge in [-0.05, 0) is 39.3 Å². The van der Waals surface area contributed by atoms with Crippen LogP contribution in [-0.2, 0) is 20.1 Å². The molecule has 0 fully saturated rings. The molecular weight excluding hydrogens is 262 g/mol. The lowest BCUT2D eigenvalue weighted by molar-refractivity contribution is 0.550. The molecule has 21 heavy (non-hydrogen) atoms. The smallest absolute Gasteiger partial charge is 0.0831 e. The van der Waals surface area contributed by atoms with Crippen LogP contribution in [0.25, 0.3) is 0 Å². The van der Waals surface area contributed by atoms with E-state index in [9.17, 15) is 0 Å². The summed E-state index contributed by atoms with van der Waals surface area (Å²) in [5.74, 6) is 0.665. The van der Waals surface area contributed by atoms with Gasteiger partial charge >= 0.3 is 0 Å². The van der Waals surface area contributed by atoms with E-state index in [4.69, 9.17) is 0 Å². The fourth-order valence-corrected chi connectivity index (χ4v) is 2.60. The first-order valence-corrected chi connectivity index (χ1v) is 7.61. The first-order chi connectivity index (χ1) is 9.88. The van der Waals surface area contributed by atoms with Crippen molar-refractivity contribution in [3.8, 4) is 0 Å². The van der Waals surface area contributed by atoms with Crippen LogP contribution >= 0.6 is 0 Å². The van der Waals surface area contributed by atoms with Crippen molar-refractivity contribution in [3.63, 3.8) is 0 Å². The second kappa shape index (κ2) is 6.43. The standard InChI is InChI=1S/C16H27N5/c1-11(2)8-17-9-16-13(4)19-21(14(16)5)10-15-7-12(3)18-20(15)6/h7,11,17H,8-10H2,1-6H3. The molecule has 0 aliphatic carbocycles. The zero-order valence-corrected chi connectivity index (χ0v) is 14.1. The van der Waals surface area contributed by atoms with Crippen molar-refractivity contribution in [3.05, 3.63) is 34.4 Å². The Hall–Kier alpha value is -1.62. The predicted octanol–water partition coefficient (Wildman–Crippen LogP) is 2.34. The van der Waals surface area contributed by atoms with Gasteiger partial charge in [-0.3, -0.25) is 9.36 Å². The Labute approximate surface area is 127 Å². The summed E-state index contributed by atoms with van der Waals surface area (Å²) in [5.41, 5.74) is 5.90. The van der Waals surface area contributed by atoms with Crippen LogP contribution in [-0.4, -0.2) is 26.1 Å². The van der Waals surface area contributed by atoms with E-state index in [0.717, 1.165) is 31.0 Å². The molecule has 2 rings (SSSR count). The molecule has 116 valence electrons. The van der Waals surface area contributed by atoms with Crippen LogP contribution in [0.15, 0.2) is 6.07 Å². The van der Waals surface area contributed by atoms with Gasteiger partial charge < -0.3 is 5.32 Å². The average Bonchev–Trinajstić information content (AvgIpc) is 2.83. The number of hydrogen-bond donors (Lipinski definition) is 1. The Morgan fingerprint density at radius 1 is 1.19 bits per heavy atom. The maximum absolute atomic E-state index is 4.69. The van der Waals surface area contributed by atoms with Crippen LogP contribution in [0.1, 0.15) is 42.2 Å². The Morgan fingerprint density at radius 2 is 1.90 bits per heavy atom.